The molecule has 1 fully saturated rings. The van der Waals surface area contributed by atoms with E-state index in [4.69, 9.17) is 0 Å². The third kappa shape index (κ3) is 3.10. The van der Waals surface area contributed by atoms with Crippen LogP contribution in [0.25, 0.3) is 4.96 Å². The van der Waals surface area contributed by atoms with Crippen molar-refractivity contribution in [3.8, 4) is 5.88 Å². The van der Waals surface area contributed by atoms with Gasteiger partial charge >= 0.3 is 0 Å². The Morgan fingerprint density at radius 2 is 2.12 bits per heavy atom. The third-order valence-electron chi connectivity index (χ3n) is 5.05. The first-order valence-corrected chi connectivity index (χ1v) is 9.95. The van der Waals surface area contributed by atoms with E-state index in [2.05, 4.69) is 21.9 Å². The SMILES string of the molecule is CCc1nc2sc([C@H](c3ccc(F)cc3)N3CCC[C@@H](C)C3)c(O)n2n1. The van der Waals surface area contributed by atoms with Crippen LogP contribution in [0.4, 0.5) is 4.39 Å². The number of nitrogens with zero attached hydrogens (tertiary/aromatic N) is 4. The molecule has 2 atom stereocenters. The van der Waals surface area contributed by atoms with E-state index >= 15 is 0 Å². The number of aromatic nitrogens is 3. The first kappa shape index (κ1) is 17.4. The average molecular weight is 374 g/mol. The van der Waals surface area contributed by atoms with Gasteiger partial charge in [-0.05, 0) is 43.0 Å². The predicted molar refractivity (Wildman–Crippen MR) is 100 cm³/mol. The molecule has 1 saturated heterocycles. The maximum absolute atomic E-state index is 13.5. The maximum atomic E-state index is 13.5. The number of aromatic hydroxyl groups is 1. The third-order valence-corrected chi connectivity index (χ3v) is 6.12. The fourth-order valence-corrected chi connectivity index (χ4v) is 4.89. The van der Waals surface area contributed by atoms with Crippen molar-refractivity contribution in [3.05, 3.63) is 46.3 Å². The van der Waals surface area contributed by atoms with Crippen molar-refractivity contribution in [2.24, 2.45) is 5.92 Å². The minimum atomic E-state index is -0.251. The van der Waals surface area contributed by atoms with Crippen LogP contribution >= 0.6 is 11.3 Å². The molecule has 4 rings (SSSR count). The van der Waals surface area contributed by atoms with Crippen molar-refractivity contribution in [2.75, 3.05) is 13.1 Å². The fourth-order valence-electron chi connectivity index (χ4n) is 3.75. The highest BCUT2D eigenvalue weighted by atomic mass is 32.1. The second-order valence-electron chi connectivity index (χ2n) is 7.06. The quantitative estimate of drug-likeness (QED) is 0.749. The minimum absolute atomic E-state index is 0.114. The van der Waals surface area contributed by atoms with Crippen LogP contribution in [0.15, 0.2) is 24.3 Å². The van der Waals surface area contributed by atoms with Gasteiger partial charge in [0.1, 0.15) is 5.82 Å². The summed E-state index contributed by atoms with van der Waals surface area (Å²) in [5.41, 5.74) is 0.982. The van der Waals surface area contributed by atoms with Crippen LogP contribution in [-0.2, 0) is 6.42 Å². The molecule has 3 aromatic rings. The summed E-state index contributed by atoms with van der Waals surface area (Å²) >= 11 is 1.47. The molecule has 0 saturated carbocycles. The second kappa shape index (κ2) is 6.96. The molecule has 0 unspecified atom stereocenters. The molecule has 0 amide bonds. The monoisotopic (exact) mass is 374 g/mol. The van der Waals surface area contributed by atoms with Crippen molar-refractivity contribution < 1.29 is 9.50 Å². The lowest BCUT2D eigenvalue weighted by molar-refractivity contribution is 0.149. The average Bonchev–Trinajstić information content (AvgIpc) is 3.17. The van der Waals surface area contributed by atoms with Gasteiger partial charge in [-0.15, -0.1) is 5.10 Å². The minimum Gasteiger partial charge on any atom is -0.492 e. The lowest BCUT2D eigenvalue weighted by Gasteiger charge is -2.37. The molecular weight excluding hydrogens is 351 g/mol. The number of aryl methyl sites for hydroxylation is 1. The highest BCUT2D eigenvalue weighted by Gasteiger charge is 2.31. The fraction of sp³-hybridized carbons (Fsp3) is 0.474. The summed E-state index contributed by atoms with van der Waals surface area (Å²) in [7, 11) is 0. The van der Waals surface area contributed by atoms with Gasteiger partial charge in [0.2, 0.25) is 10.8 Å². The summed E-state index contributed by atoms with van der Waals surface area (Å²) in [4.78, 5) is 8.40. The van der Waals surface area contributed by atoms with E-state index in [-0.39, 0.29) is 17.7 Å². The first-order chi connectivity index (χ1) is 12.6. The van der Waals surface area contributed by atoms with Gasteiger partial charge in [-0.2, -0.15) is 4.52 Å². The molecule has 0 aliphatic carbocycles. The molecule has 1 aliphatic rings. The Hall–Kier alpha value is -1.99. The van der Waals surface area contributed by atoms with E-state index in [1.807, 2.05) is 19.1 Å². The van der Waals surface area contributed by atoms with Crippen LogP contribution in [-0.4, -0.2) is 37.7 Å². The van der Waals surface area contributed by atoms with Crippen molar-refractivity contribution in [2.45, 2.75) is 39.2 Å². The van der Waals surface area contributed by atoms with Crippen LogP contribution in [0.5, 0.6) is 5.88 Å². The van der Waals surface area contributed by atoms with Gasteiger partial charge in [0.25, 0.3) is 0 Å². The first-order valence-electron chi connectivity index (χ1n) is 9.13. The Balaban J connectivity index is 1.80. The number of likely N-dealkylation sites (tertiary alicyclic amines) is 1. The van der Waals surface area contributed by atoms with Crippen LogP contribution in [0, 0.1) is 11.7 Å². The lowest BCUT2D eigenvalue weighted by Crippen LogP contribution is -2.37. The summed E-state index contributed by atoms with van der Waals surface area (Å²) in [6.07, 6.45) is 3.07. The number of fused-ring (bicyclic) bond motifs is 1. The van der Waals surface area contributed by atoms with Crippen LogP contribution < -0.4 is 0 Å². The molecule has 0 spiro atoms. The summed E-state index contributed by atoms with van der Waals surface area (Å²) in [5, 5.41) is 15.2. The van der Waals surface area contributed by atoms with Gasteiger partial charge < -0.3 is 5.11 Å². The van der Waals surface area contributed by atoms with Crippen LogP contribution in [0.1, 0.15) is 49.0 Å². The maximum Gasteiger partial charge on any atom is 0.230 e. The number of piperidine rings is 1. The molecule has 5 nitrogen and oxygen atoms in total. The Morgan fingerprint density at radius 1 is 1.35 bits per heavy atom. The Labute approximate surface area is 156 Å². The van der Waals surface area contributed by atoms with Crippen LogP contribution in [0.2, 0.25) is 0 Å². The van der Waals surface area contributed by atoms with Crippen LogP contribution in [0.3, 0.4) is 0 Å². The molecule has 1 aromatic carbocycles. The van der Waals surface area contributed by atoms with Gasteiger partial charge in [0, 0.05) is 13.0 Å². The summed E-state index contributed by atoms with van der Waals surface area (Å²) in [6, 6.07) is 6.48. The number of hydrogen-bond donors (Lipinski definition) is 1. The normalized spacial score (nSPS) is 19.9. The standard InChI is InChI=1S/C19H23FN4OS/c1-3-15-21-19-24(22-15)18(25)17(26-19)16(13-6-8-14(20)9-7-13)23-10-4-5-12(2)11-23/h6-9,12,16,25H,3-5,10-11H2,1-2H3/t12-,16+/m1/s1. The van der Waals surface area contributed by atoms with Crippen molar-refractivity contribution >= 4 is 16.3 Å². The van der Waals surface area contributed by atoms with E-state index < -0.39 is 0 Å². The predicted octanol–water partition coefficient (Wildman–Crippen LogP) is 4.02. The smallest absolute Gasteiger partial charge is 0.230 e. The summed E-state index contributed by atoms with van der Waals surface area (Å²) in [6.45, 7) is 6.16. The van der Waals surface area contributed by atoms with Gasteiger partial charge in [-0.25, -0.2) is 9.37 Å². The molecule has 0 radical (unpaired) electrons. The Kier molecular flexibility index (Phi) is 4.67. The molecular formula is C19H23FN4OS. The molecule has 7 heteroatoms. The second-order valence-corrected chi connectivity index (χ2v) is 8.07. The molecule has 0 bridgehead atoms. The number of benzene rings is 1. The van der Waals surface area contributed by atoms with Gasteiger partial charge in [-0.1, -0.05) is 37.3 Å². The van der Waals surface area contributed by atoms with E-state index in [0.29, 0.717) is 10.9 Å². The zero-order valence-electron chi connectivity index (χ0n) is 15.0. The highest BCUT2D eigenvalue weighted by Crippen LogP contribution is 2.41. The van der Waals surface area contributed by atoms with Gasteiger partial charge in [0.15, 0.2) is 5.82 Å². The van der Waals surface area contributed by atoms with Crippen molar-refractivity contribution in [1.82, 2.24) is 19.5 Å². The summed E-state index contributed by atoms with van der Waals surface area (Å²) < 4.78 is 15.0. The van der Waals surface area contributed by atoms with E-state index in [1.54, 1.807) is 0 Å². The van der Waals surface area contributed by atoms with Gasteiger partial charge in [0.05, 0.1) is 10.9 Å². The van der Waals surface area contributed by atoms with E-state index in [1.165, 1.54) is 34.4 Å². The zero-order chi connectivity index (χ0) is 18.3. The van der Waals surface area contributed by atoms with Gasteiger partial charge in [-0.3, -0.25) is 4.90 Å². The van der Waals surface area contributed by atoms with Crippen molar-refractivity contribution in [3.63, 3.8) is 0 Å². The Morgan fingerprint density at radius 3 is 2.77 bits per heavy atom. The number of halogens is 1. The van der Waals surface area contributed by atoms with E-state index in [9.17, 15) is 9.50 Å². The molecule has 1 N–H and O–H groups in total. The molecule has 138 valence electrons. The van der Waals surface area contributed by atoms with E-state index in [0.717, 1.165) is 42.2 Å². The summed E-state index contributed by atoms with van der Waals surface area (Å²) in [5.74, 6) is 1.22. The molecule has 1 aliphatic heterocycles. The zero-order valence-corrected chi connectivity index (χ0v) is 15.8. The van der Waals surface area contributed by atoms with Crippen molar-refractivity contribution in [1.29, 1.82) is 0 Å². The lowest BCUT2D eigenvalue weighted by atomic mass is 9.95. The topological polar surface area (TPSA) is 53.7 Å². The molecule has 2 aromatic heterocycles. The highest BCUT2D eigenvalue weighted by molar-refractivity contribution is 7.17. The largest absolute Gasteiger partial charge is 0.492 e. The number of hydrogen-bond acceptors (Lipinski definition) is 5. The number of rotatable bonds is 4. The Bertz CT molecular complexity index is 904. The molecule has 26 heavy (non-hydrogen) atoms. The number of thiazole rings is 1. The molecule has 3 heterocycles.